The predicted molar refractivity (Wildman–Crippen MR) is 110 cm³/mol. The lowest BCUT2D eigenvalue weighted by Gasteiger charge is -2.35. The van der Waals surface area contributed by atoms with Gasteiger partial charge in [0.15, 0.2) is 0 Å². The van der Waals surface area contributed by atoms with Crippen molar-refractivity contribution in [2.24, 2.45) is 0 Å². The van der Waals surface area contributed by atoms with Crippen molar-refractivity contribution >= 4 is 23.0 Å². The maximum atomic E-state index is 12.9. The van der Waals surface area contributed by atoms with Gasteiger partial charge in [-0.1, -0.05) is 48.5 Å². The number of methoxy groups -OCH3 is 1. The third kappa shape index (κ3) is 3.83. The van der Waals surface area contributed by atoms with E-state index < -0.39 is 0 Å². The number of benzene rings is 2. The van der Waals surface area contributed by atoms with Gasteiger partial charge in [0.1, 0.15) is 6.04 Å². The van der Waals surface area contributed by atoms with Gasteiger partial charge >= 0.3 is 12.1 Å². The number of H-pyrrole nitrogens is 1. The first-order valence-electron chi connectivity index (χ1n) is 9.83. The number of aromatic nitrogens is 1. The van der Waals surface area contributed by atoms with E-state index in [2.05, 4.69) is 21.9 Å². The standard InChI is InChI=1S/C23H24N2O4/c1-28-20(26)12-7-15-29-23(27)25-14-13-18-17-10-5-6-11-19(17)24-21(18)22(25)16-8-3-2-4-9-16/h2-6,8-11,22,24H,7,12-15H2,1H3. The van der Waals surface area contributed by atoms with E-state index in [0.29, 0.717) is 13.0 Å². The van der Waals surface area contributed by atoms with Crippen LogP contribution in [0.1, 0.15) is 35.7 Å². The van der Waals surface area contributed by atoms with Gasteiger partial charge in [-0.15, -0.1) is 0 Å². The summed E-state index contributed by atoms with van der Waals surface area (Å²) in [6.45, 7) is 0.760. The molecule has 6 heteroatoms. The highest BCUT2D eigenvalue weighted by Crippen LogP contribution is 2.38. The molecular weight excluding hydrogens is 368 g/mol. The number of nitrogens with one attached hydrogen (secondary N) is 1. The lowest BCUT2D eigenvalue weighted by molar-refractivity contribution is -0.140. The van der Waals surface area contributed by atoms with Gasteiger partial charge in [0, 0.05) is 29.6 Å². The first-order chi connectivity index (χ1) is 14.2. The van der Waals surface area contributed by atoms with Crippen molar-refractivity contribution in [1.29, 1.82) is 0 Å². The second kappa shape index (κ2) is 8.39. The molecule has 1 N–H and O–H groups in total. The fourth-order valence-electron chi connectivity index (χ4n) is 3.98. The minimum absolute atomic E-state index is 0.186. The summed E-state index contributed by atoms with van der Waals surface area (Å²) in [6.07, 6.45) is 1.07. The molecule has 1 aliphatic rings. The zero-order valence-corrected chi connectivity index (χ0v) is 16.4. The number of esters is 1. The van der Waals surface area contributed by atoms with E-state index in [1.54, 1.807) is 4.90 Å². The Hall–Kier alpha value is -3.28. The maximum absolute atomic E-state index is 12.9. The van der Waals surface area contributed by atoms with E-state index in [1.807, 2.05) is 42.5 Å². The van der Waals surface area contributed by atoms with Crippen LogP contribution in [-0.4, -0.2) is 42.2 Å². The summed E-state index contributed by atoms with van der Waals surface area (Å²) in [5.41, 5.74) is 4.40. The lowest BCUT2D eigenvalue weighted by Crippen LogP contribution is -2.41. The molecule has 3 aromatic rings. The molecule has 0 fully saturated rings. The molecule has 150 valence electrons. The second-order valence-electron chi connectivity index (χ2n) is 7.11. The van der Waals surface area contributed by atoms with Crippen LogP contribution in [-0.2, 0) is 20.7 Å². The molecule has 2 heterocycles. The van der Waals surface area contributed by atoms with Gasteiger partial charge in [0.05, 0.1) is 13.7 Å². The van der Waals surface area contributed by atoms with Crippen molar-refractivity contribution in [3.63, 3.8) is 0 Å². The van der Waals surface area contributed by atoms with Crippen LogP contribution in [0.3, 0.4) is 0 Å². The highest BCUT2D eigenvalue weighted by molar-refractivity contribution is 5.86. The van der Waals surface area contributed by atoms with Gasteiger partial charge in [0.2, 0.25) is 0 Å². The number of aromatic amines is 1. The van der Waals surface area contributed by atoms with Gasteiger partial charge in [0.25, 0.3) is 0 Å². The molecule has 0 saturated carbocycles. The van der Waals surface area contributed by atoms with E-state index in [9.17, 15) is 9.59 Å². The first kappa shape index (κ1) is 19.1. The van der Waals surface area contributed by atoms with Crippen LogP contribution in [0.5, 0.6) is 0 Å². The van der Waals surface area contributed by atoms with Gasteiger partial charge in [-0.3, -0.25) is 9.69 Å². The van der Waals surface area contributed by atoms with E-state index in [0.717, 1.165) is 23.2 Å². The van der Waals surface area contributed by atoms with E-state index in [1.165, 1.54) is 18.1 Å². The largest absolute Gasteiger partial charge is 0.469 e. The average molecular weight is 392 g/mol. The number of fused-ring (bicyclic) bond motifs is 3. The minimum atomic E-state index is -0.368. The summed E-state index contributed by atoms with van der Waals surface area (Å²) in [4.78, 5) is 29.4. The van der Waals surface area contributed by atoms with Gasteiger partial charge in [-0.25, -0.2) is 4.79 Å². The van der Waals surface area contributed by atoms with Gasteiger partial charge in [-0.2, -0.15) is 0 Å². The normalized spacial score (nSPS) is 15.8. The Kier molecular flexibility index (Phi) is 5.51. The van der Waals surface area contributed by atoms with Crippen molar-refractivity contribution in [1.82, 2.24) is 9.88 Å². The Morgan fingerprint density at radius 2 is 1.86 bits per heavy atom. The molecule has 6 nitrogen and oxygen atoms in total. The summed E-state index contributed by atoms with van der Waals surface area (Å²) < 4.78 is 10.1. The Labute approximate surface area is 169 Å². The zero-order chi connectivity index (χ0) is 20.2. The first-order valence-corrected chi connectivity index (χ1v) is 9.83. The summed E-state index contributed by atoms with van der Waals surface area (Å²) in [5.74, 6) is -0.302. The van der Waals surface area contributed by atoms with Crippen molar-refractivity contribution in [2.45, 2.75) is 25.3 Å². The van der Waals surface area contributed by atoms with Crippen molar-refractivity contribution in [3.05, 3.63) is 71.4 Å². The Balaban J connectivity index is 1.60. The number of carbonyl (C=O) groups excluding carboxylic acids is 2. The second-order valence-corrected chi connectivity index (χ2v) is 7.11. The molecule has 29 heavy (non-hydrogen) atoms. The molecule has 0 radical (unpaired) electrons. The molecule has 0 aliphatic carbocycles. The molecular formula is C23H24N2O4. The Morgan fingerprint density at radius 3 is 2.66 bits per heavy atom. The molecule has 1 amide bonds. The minimum Gasteiger partial charge on any atom is -0.469 e. The molecule has 1 unspecified atom stereocenters. The smallest absolute Gasteiger partial charge is 0.410 e. The predicted octanol–water partition coefficient (Wildman–Crippen LogP) is 4.21. The maximum Gasteiger partial charge on any atom is 0.410 e. The molecule has 0 bridgehead atoms. The third-order valence-corrected chi connectivity index (χ3v) is 5.36. The lowest BCUT2D eigenvalue weighted by atomic mass is 9.93. The van der Waals surface area contributed by atoms with Crippen molar-refractivity contribution in [3.8, 4) is 0 Å². The molecule has 4 rings (SSSR count). The fraction of sp³-hybridized carbons (Fsp3) is 0.304. The summed E-state index contributed by atoms with van der Waals surface area (Å²) in [7, 11) is 1.35. The third-order valence-electron chi connectivity index (χ3n) is 5.36. The number of para-hydroxylation sites is 1. The molecule has 2 aromatic carbocycles. The number of hydrogen-bond acceptors (Lipinski definition) is 4. The zero-order valence-electron chi connectivity index (χ0n) is 16.4. The highest BCUT2D eigenvalue weighted by atomic mass is 16.6. The van der Waals surface area contributed by atoms with Crippen LogP contribution >= 0.6 is 0 Å². The monoisotopic (exact) mass is 392 g/mol. The quantitative estimate of drug-likeness (QED) is 0.522. The fourth-order valence-corrected chi connectivity index (χ4v) is 3.98. The number of rotatable bonds is 5. The molecule has 0 saturated heterocycles. The number of hydrogen-bond donors (Lipinski definition) is 1. The van der Waals surface area contributed by atoms with Crippen LogP contribution < -0.4 is 0 Å². The molecule has 1 aliphatic heterocycles. The van der Waals surface area contributed by atoms with E-state index in [4.69, 9.17) is 4.74 Å². The molecule has 1 atom stereocenters. The van der Waals surface area contributed by atoms with Crippen LogP contribution in [0.15, 0.2) is 54.6 Å². The SMILES string of the molecule is COC(=O)CCCOC(=O)N1CCc2c([nH]c3ccccc23)C1c1ccccc1. The molecule has 0 spiro atoms. The number of amides is 1. The van der Waals surface area contributed by atoms with Gasteiger partial charge in [-0.05, 0) is 30.0 Å². The van der Waals surface area contributed by atoms with Crippen LogP contribution in [0.25, 0.3) is 10.9 Å². The topological polar surface area (TPSA) is 71.6 Å². The van der Waals surface area contributed by atoms with Crippen molar-refractivity contribution in [2.75, 3.05) is 20.3 Å². The van der Waals surface area contributed by atoms with E-state index >= 15 is 0 Å². The number of nitrogens with zero attached hydrogens (tertiary/aromatic N) is 1. The van der Waals surface area contributed by atoms with Crippen LogP contribution in [0, 0.1) is 0 Å². The number of carbonyl (C=O) groups is 2. The Bertz CT molecular complexity index is 1010. The van der Waals surface area contributed by atoms with Gasteiger partial charge < -0.3 is 14.5 Å². The summed E-state index contributed by atoms with van der Waals surface area (Å²) >= 11 is 0. The van der Waals surface area contributed by atoms with Crippen LogP contribution in [0.4, 0.5) is 4.79 Å². The average Bonchev–Trinajstić information content (AvgIpc) is 3.15. The highest BCUT2D eigenvalue weighted by Gasteiger charge is 2.35. The summed E-state index contributed by atoms with van der Waals surface area (Å²) in [5, 5.41) is 1.20. The van der Waals surface area contributed by atoms with Crippen LogP contribution in [0.2, 0.25) is 0 Å². The molecule has 1 aromatic heterocycles. The van der Waals surface area contributed by atoms with Crippen molar-refractivity contribution < 1.29 is 19.1 Å². The summed E-state index contributed by atoms with van der Waals surface area (Å²) in [6, 6.07) is 18.0. The Morgan fingerprint density at radius 1 is 1.10 bits per heavy atom. The number of ether oxygens (including phenoxy) is 2. The van der Waals surface area contributed by atoms with E-state index in [-0.39, 0.29) is 31.1 Å².